The third-order valence-corrected chi connectivity index (χ3v) is 5.98. The van der Waals surface area contributed by atoms with E-state index in [0.29, 0.717) is 19.7 Å². The molecule has 7 heteroatoms. The van der Waals surface area contributed by atoms with Crippen molar-refractivity contribution < 1.29 is 19.1 Å². The zero-order valence-corrected chi connectivity index (χ0v) is 15.7. The first-order valence-corrected chi connectivity index (χ1v) is 9.62. The number of piperidine rings is 1. The van der Waals surface area contributed by atoms with Gasteiger partial charge in [-0.05, 0) is 30.7 Å². The van der Waals surface area contributed by atoms with E-state index in [2.05, 4.69) is 0 Å². The van der Waals surface area contributed by atoms with Crippen LogP contribution in [0.15, 0.2) is 17.5 Å². The first kappa shape index (κ1) is 18.4. The van der Waals surface area contributed by atoms with Gasteiger partial charge in [-0.3, -0.25) is 9.59 Å². The average Bonchev–Trinajstić information content (AvgIpc) is 3.15. The van der Waals surface area contributed by atoms with Gasteiger partial charge in [0.15, 0.2) is 0 Å². The highest BCUT2D eigenvalue weighted by Crippen LogP contribution is 2.41. The van der Waals surface area contributed by atoms with Gasteiger partial charge in [-0.25, -0.2) is 0 Å². The zero-order chi connectivity index (χ0) is 17.9. The molecule has 0 aliphatic carbocycles. The van der Waals surface area contributed by atoms with E-state index >= 15 is 0 Å². The lowest BCUT2D eigenvalue weighted by Gasteiger charge is -2.50. The minimum Gasteiger partial charge on any atom is -0.377 e. The monoisotopic (exact) mass is 366 g/mol. The van der Waals surface area contributed by atoms with Crippen LogP contribution in [0, 0.1) is 5.41 Å². The number of nitrogens with zero attached hydrogens (tertiary/aromatic N) is 2. The third-order valence-electron chi connectivity index (χ3n) is 5.12. The molecule has 2 atom stereocenters. The molecule has 2 unspecified atom stereocenters. The fraction of sp³-hybridized carbons (Fsp3) is 0.667. The molecule has 2 aliphatic rings. The fourth-order valence-electron chi connectivity index (χ4n) is 3.70. The third kappa shape index (κ3) is 4.04. The second-order valence-electron chi connectivity index (χ2n) is 7.10. The van der Waals surface area contributed by atoms with Crippen LogP contribution in [-0.2, 0) is 14.3 Å². The van der Waals surface area contributed by atoms with Gasteiger partial charge in [-0.1, -0.05) is 6.07 Å². The Kier molecular flexibility index (Phi) is 5.76. The molecule has 3 heterocycles. The molecule has 2 fully saturated rings. The summed E-state index contributed by atoms with van der Waals surface area (Å²) >= 11 is 1.47. The van der Waals surface area contributed by atoms with Gasteiger partial charge in [-0.15, -0.1) is 11.3 Å². The summed E-state index contributed by atoms with van der Waals surface area (Å²) in [6.07, 6.45) is 2.84. The Morgan fingerprint density at radius 3 is 3.04 bits per heavy atom. The van der Waals surface area contributed by atoms with Crippen molar-refractivity contribution >= 4 is 23.2 Å². The molecule has 2 aliphatic heterocycles. The normalized spacial score (nSPS) is 26.2. The molecule has 0 N–H and O–H groups in total. The number of ether oxygens (including phenoxy) is 2. The Labute approximate surface area is 152 Å². The minimum atomic E-state index is -0.212. The van der Waals surface area contributed by atoms with Crippen molar-refractivity contribution in [3.05, 3.63) is 22.4 Å². The SMILES string of the molecule is CN(C)C(=O)COCC12CCCOC1CCN(C(=O)c1cccs1)C2. The largest absolute Gasteiger partial charge is 0.377 e. The Morgan fingerprint density at radius 2 is 2.32 bits per heavy atom. The predicted octanol–water partition coefficient (Wildman–Crippen LogP) is 1.86. The molecule has 0 saturated carbocycles. The van der Waals surface area contributed by atoms with E-state index in [1.165, 1.54) is 16.2 Å². The number of carbonyl (C=O) groups is 2. The minimum absolute atomic E-state index is 0.0491. The molecule has 1 aromatic heterocycles. The standard InChI is InChI=1S/C18H26N2O4S/c1-19(2)16(21)11-23-13-18-7-4-9-24-15(18)6-8-20(12-18)17(22)14-5-3-10-25-14/h3,5,10,15H,4,6-9,11-13H2,1-2H3. The van der Waals surface area contributed by atoms with Crippen molar-refractivity contribution in [3.8, 4) is 0 Å². The lowest BCUT2D eigenvalue weighted by molar-refractivity contribution is -0.155. The Bertz CT molecular complexity index is 604. The molecule has 138 valence electrons. The zero-order valence-electron chi connectivity index (χ0n) is 14.9. The maximum Gasteiger partial charge on any atom is 0.263 e. The van der Waals surface area contributed by atoms with Crippen molar-refractivity contribution in [2.75, 3.05) is 47.0 Å². The summed E-state index contributed by atoms with van der Waals surface area (Å²) in [7, 11) is 3.44. The van der Waals surface area contributed by atoms with Crippen LogP contribution in [0.2, 0.25) is 0 Å². The second-order valence-corrected chi connectivity index (χ2v) is 8.05. The van der Waals surface area contributed by atoms with Crippen molar-refractivity contribution in [1.82, 2.24) is 9.80 Å². The van der Waals surface area contributed by atoms with Crippen LogP contribution < -0.4 is 0 Å². The molecule has 0 spiro atoms. The van der Waals surface area contributed by atoms with Gasteiger partial charge in [0, 0.05) is 39.2 Å². The average molecular weight is 366 g/mol. The van der Waals surface area contributed by atoms with E-state index in [4.69, 9.17) is 9.47 Å². The molecule has 0 bridgehead atoms. The first-order valence-electron chi connectivity index (χ1n) is 8.74. The molecule has 6 nitrogen and oxygen atoms in total. The van der Waals surface area contributed by atoms with Crippen LogP contribution in [0.1, 0.15) is 28.9 Å². The molecular weight excluding hydrogens is 340 g/mol. The summed E-state index contributed by atoms with van der Waals surface area (Å²) in [5.41, 5.74) is -0.212. The van der Waals surface area contributed by atoms with Crippen LogP contribution in [0.4, 0.5) is 0 Å². The first-order chi connectivity index (χ1) is 12.0. The van der Waals surface area contributed by atoms with Crippen LogP contribution in [-0.4, -0.2) is 74.7 Å². The van der Waals surface area contributed by atoms with Gasteiger partial charge < -0.3 is 19.3 Å². The summed E-state index contributed by atoms with van der Waals surface area (Å²) in [6, 6.07) is 3.77. The number of hydrogen-bond donors (Lipinski definition) is 0. The summed E-state index contributed by atoms with van der Waals surface area (Å²) in [6.45, 7) is 2.62. The van der Waals surface area contributed by atoms with Crippen LogP contribution in [0.5, 0.6) is 0 Å². The van der Waals surface area contributed by atoms with Gasteiger partial charge >= 0.3 is 0 Å². The van der Waals surface area contributed by atoms with Gasteiger partial charge in [-0.2, -0.15) is 0 Å². The van der Waals surface area contributed by atoms with E-state index in [9.17, 15) is 9.59 Å². The molecule has 2 amide bonds. The van der Waals surface area contributed by atoms with Gasteiger partial charge in [0.25, 0.3) is 5.91 Å². The van der Waals surface area contributed by atoms with Crippen LogP contribution in [0.3, 0.4) is 0 Å². The van der Waals surface area contributed by atoms with E-state index in [1.807, 2.05) is 22.4 Å². The number of amides is 2. The van der Waals surface area contributed by atoms with Crippen molar-refractivity contribution in [2.24, 2.45) is 5.41 Å². The van der Waals surface area contributed by atoms with Gasteiger partial charge in [0.1, 0.15) is 6.61 Å². The highest BCUT2D eigenvalue weighted by atomic mass is 32.1. The van der Waals surface area contributed by atoms with Crippen molar-refractivity contribution in [3.63, 3.8) is 0 Å². The highest BCUT2D eigenvalue weighted by Gasteiger charge is 2.47. The number of rotatable bonds is 5. The summed E-state index contributed by atoms with van der Waals surface area (Å²) in [4.78, 5) is 28.7. The Balaban J connectivity index is 1.68. The maximum absolute atomic E-state index is 12.7. The molecule has 0 radical (unpaired) electrons. The molecule has 25 heavy (non-hydrogen) atoms. The van der Waals surface area contributed by atoms with Gasteiger partial charge in [0.2, 0.25) is 5.91 Å². The smallest absolute Gasteiger partial charge is 0.263 e. The number of thiophene rings is 1. The number of fused-ring (bicyclic) bond motifs is 1. The summed E-state index contributed by atoms with van der Waals surface area (Å²) in [5.74, 6) is 0.0368. The van der Waals surface area contributed by atoms with Crippen molar-refractivity contribution in [1.29, 1.82) is 0 Å². The number of hydrogen-bond acceptors (Lipinski definition) is 5. The molecule has 3 rings (SSSR count). The van der Waals surface area contributed by atoms with E-state index in [1.54, 1.807) is 14.1 Å². The maximum atomic E-state index is 12.7. The Hall–Kier alpha value is -1.44. The predicted molar refractivity (Wildman–Crippen MR) is 95.8 cm³/mol. The topological polar surface area (TPSA) is 59.1 Å². The number of likely N-dealkylation sites (N-methyl/N-ethyl adjacent to an activating group) is 1. The fourth-order valence-corrected chi connectivity index (χ4v) is 4.39. The number of carbonyl (C=O) groups excluding carboxylic acids is 2. The highest BCUT2D eigenvalue weighted by molar-refractivity contribution is 7.12. The number of likely N-dealkylation sites (tertiary alicyclic amines) is 1. The van der Waals surface area contributed by atoms with E-state index in [-0.39, 0.29) is 29.9 Å². The molecule has 0 aromatic carbocycles. The quantitative estimate of drug-likeness (QED) is 0.798. The lowest BCUT2D eigenvalue weighted by atomic mass is 9.73. The second kappa shape index (κ2) is 7.85. The van der Waals surface area contributed by atoms with E-state index < -0.39 is 0 Å². The van der Waals surface area contributed by atoms with Crippen LogP contribution in [0.25, 0.3) is 0 Å². The summed E-state index contributed by atoms with van der Waals surface area (Å²) < 4.78 is 11.8. The van der Waals surface area contributed by atoms with Crippen molar-refractivity contribution in [2.45, 2.75) is 25.4 Å². The van der Waals surface area contributed by atoms with Crippen LogP contribution >= 0.6 is 11.3 Å². The van der Waals surface area contributed by atoms with E-state index in [0.717, 1.165) is 30.7 Å². The molecule has 1 aromatic rings. The van der Waals surface area contributed by atoms with Gasteiger partial charge in [0.05, 0.1) is 17.6 Å². The molecule has 2 saturated heterocycles. The lowest BCUT2D eigenvalue weighted by Crippen LogP contribution is -2.58. The Morgan fingerprint density at radius 1 is 1.48 bits per heavy atom. The summed E-state index contributed by atoms with van der Waals surface area (Å²) in [5, 5.41) is 1.93. The molecular formula is C18H26N2O4S.